The lowest BCUT2D eigenvalue weighted by atomic mass is 9.97. The Morgan fingerprint density at radius 3 is 2.50 bits per heavy atom. The molecule has 3 fully saturated rings. The molecule has 2 amide bonds. The van der Waals surface area contributed by atoms with Gasteiger partial charge in [-0.1, -0.05) is 43.2 Å². The Hall–Kier alpha value is -3.41. The van der Waals surface area contributed by atoms with Gasteiger partial charge in [-0.25, -0.2) is 0 Å². The number of amidine groups is 1. The van der Waals surface area contributed by atoms with Crippen LogP contribution >= 0.6 is 0 Å². The minimum Gasteiger partial charge on any atom is -0.361 e. The molecule has 1 aromatic heterocycles. The second-order valence-electron chi connectivity index (χ2n) is 11.2. The number of hydrogen-bond donors (Lipinski definition) is 1. The number of carbonyl (C=O) groups is 2. The van der Waals surface area contributed by atoms with Gasteiger partial charge in [0, 0.05) is 42.8 Å². The average molecular weight is 481 g/mol. The number of amides is 2. The van der Waals surface area contributed by atoms with E-state index >= 15 is 0 Å². The number of H-pyrrole nitrogens is 1. The van der Waals surface area contributed by atoms with E-state index in [1.165, 1.54) is 10.9 Å². The van der Waals surface area contributed by atoms with Gasteiger partial charge in [-0.15, -0.1) is 0 Å². The van der Waals surface area contributed by atoms with Crippen LogP contribution in [0.25, 0.3) is 22.0 Å². The molecule has 2 aliphatic carbocycles. The van der Waals surface area contributed by atoms with E-state index in [1.807, 2.05) is 16.0 Å². The van der Waals surface area contributed by atoms with E-state index in [1.54, 1.807) is 0 Å². The van der Waals surface area contributed by atoms with Crippen LogP contribution in [0, 0.1) is 11.8 Å². The lowest BCUT2D eigenvalue weighted by Crippen LogP contribution is -2.44. The highest BCUT2D eigenvalue weighted by atomic mass is 16.2. The number of benzene rings is 2. The van der Waals surface area contributed by atoms with Gasteiger partial charge in [0.05, 0.1) is 0 Å². The van der Waals surface area contributed by atoms with Crippen LogP contribution < -0.4 is 0 Å². The Morgan fingerprint density at radius 2 is 1.72 bits per heavy atom. The fourth-order valence-corrected chi connectivity index (χ4v) is 6.41. The van der Waals surface area contributed by atoms with Crippen molar-refractivity contribution in [1.82, 2.24) is 14.8 Å². The van der Waals surface area contributed by atoms with E-state index in [0.717, 1.165) is 80.5 Å². The molecule has 2 aromatic carbocycles. The van der Waals surface area contributed by atoms with E-state index in [0.29, 0.717) is 18.4 Å². The fourth-order valence-electron chi connectivity index (χ4n) is 6.41. The molecular weight excluding hydrogens is 448 g/mol. The third kappa shape index (κ3) is 3.66. The number of fused-ring (bicyclic) bond motifs is 1. The summed E-state index contributed by atoms with van der Waals surface area (Å²) in [5.41, 5.74) is 3.89. The van der Waals surface area contributed by atoms with E-state index in [4.69, 9.17) is 4.99 Å². The first-order chi connectivity index (χ1) is 17.6. The van der Waals surface area contributed by atoms with Gasteiger partial charge in [0.2, 0.25) is 5.91 Å². The first-order valence-electron chi connectivity index (χ1n) is 13.5. The lowest BCUT2D eigenvalue weighted by molar-refractivity contribution is -0.131. The van der Waals surface area contributed by atoms with Crippen molar-refractivity contribution in [2.75, 3.05) is 19.6 Å². The topological polar surface area (TPSA) is 68.8 Å². The maximum absolute atomic E-state index is 13.7. The van der Waals surface area contributed by atoms with Crippen molar-refractivity contribution in [1.29, 1.82) is 0 Å². The number of hydrogen-bond acceptors (Lipinski definition) is 3. The van der Waals surface area contributed by atoms with E-state index in [2.05, 4.69) is 53.5 Å². The summed E-state index contributed by atoms with van der Waals surface area (Å²) in [5.74, 6) is 1.88. The zero-order chi connectivity index (χ0) is 24.3. The molecule has 1 spiro atoms. The Morgan fingerprint density at radius 1 is 0.972 bits per heavy atom. The van der Waals surface area contributed by atoms with Crippen LogP contribution in [0.4, 0.5) is 0 Å². The Bertz CT molecular complexity index is 1360. The molecule has 3 heterocycles. The van der Waals surface area contributed by atoms with Gasteiger partial charge in [0.15, 0.2) is 0 Å². The summed E-state index contributed by atoms with van der Waals surface area (Å²) < 4.78 is 0. The normalized spacial score (nSPS) is 23.3. The summed E-state index contributed by atoms with van der Waals surface area (Å²) in [4.78, 5) is 38.7. The molecule has 1 N–H and O–H groups in total. The van der Waals surface area contributed by atoms with Crippen LogP contribution in [0.15, 0.2) is 59.7 Å². The van der Waals surface area contributed by atoms with Crippen LogP contribution in [0.2, 0.25) is 0 Å². The highest BCUT2D eigenvalue weighted by molar-refractivity contribution is 6.15. The number of nitrogens with zero attached hydrogens (tertiary/aromatic N) is 3. The van der Waals surface area contributed by atoms with Crippen LogP contribution in [-0.4, -0.2) is 57.6 Å². The number of aliphatic imine (C=N–C) groups is 1. The number of aromatic nitrogens is 1. The van der Waals surface area contributed by atoms with Crippen molar-refractivity contribution in [2.24, 2.45) is 16.8 Å². The average Bonchev–Trinajstić information content (AvgIpc) is 3.24. The predicted molar refractivity (Wildman–Crippen MR) is 141 cm³/mol. The van der Waals surface area contributed by atoms with Crippen LogP contribution in [0.3, 0.4) is 0 Å². The maximum atomic E-state index is 13.7. The van der Waals surface area contributed by atoms with Crippen LogP contribution in [0.5, 0.6) is 0 Å². The van der Waals surface area contributed by atoms with Crippen molar-refractivity contribution in [3.8, 4) is 11.1 Å². The second-order valence-corrected chi connectivity index (χ2v) is 11.2. The van der Waals surface area contributed by atoms with E-state index in [9.17, 15) is 9.59 Å². The molecule has 36 heavy (non-hydrogen) atoms. The second kappa shape index (κ2) is 8.32. The largest absolute Gasteiger partial charge is 0.361 e. The van der Waals surface area contributed by atoms with Crippen LogP contribution in [-0.2, 0) is 9.59 Å². The monoisotopic (exact) mass is 480 g/mol. The minimum atomic E-state index is -0.574. The Balaban J connectivity index is 1.15. The molecule has 0 radical (unpaired) electrons. The molecular formula is C30H32N4O2. The molecule has 1 saturated heterocycles. The molecule has 2 aliphatic heterocycles. The molecule has 2 saturated carbocycles. The van der Waals surface area contributed by atoms with E-state index in [-0.39, 0.29) is 11.8 Å². The summed E-state index contributed by atoms with van der Waals surface area (Å²) in [5, 5.41) is 1.20. The van der Waals surface area contributed by atoms with Crippen molar-refractivity contribution < 1.29 is 9.59 Å². The molecule has 7 rings (SSSR count). The quantitative estimate of drug-likeness (QED) is 0.559. The molecule has 6 nitrogen and oxygen atoms in total. The number of nitrogens with one attached hydrogen (secondary N) is 1. The van der Waals surface area contributed by atoms with Crippen molar-refractivity contribution in [2.45, 2.75) is 50.5 Å². The van der Waals surface area contributed by atoms with Crippen molar-refractivity contribution >= 4 is 28.6 Å². The summed E-state index contributed by atoms with van der Waals surface area (Å²) in [7, 11) is 0. The van der Waals surface area contributed by atoms with Gasteiger partial charge in [0.25, 0.3) is 5.91 Å². The first-order valence-corrected chi connectivity index (χ1v) is 13.5. The summed E-state index contributed by atoms with van der Waals surface area (Å²) in [6.45, 7) is 2.24. The zero-order valence-corrected chi connectivity index (χ0v) is 20.6. The number of rotatable bonds is 5. The Kier molecular flexibility index (Phi) is 5.05. The number of likely N-dealkylation sites (tertiary alicyclic amines) is 1. The van der Waals surface area contributed by atoms with Gasteiger partial charge in [-0.2, -0.15) is 0 Å². The van der Waals surface area contributed by atoms with Gasteiger partial charge in [-0.05, 0) is 72.7 Å². The molecule has 184 valence electrons. The number of carbonyl (C=O) groups excluding carboxylic acids is 2. The summed E-state index contributed by atoms with van der Waals surface area (Å²) in [6.07, 6.45) is 8.82. The molecule has 0 bridgehead atoms. The predicted octanol–water partition coefficient (Wildman–Crippen LogP) is 5.00. The first kappa shape index (κ1) is 21.8. The fraction of sp³-hybridized carbons (Fsp3) is 0.433. The standard InChI is InChI=1S/C30H32N4O2/c35-28(23-7-8-23)33-16-12-20(18-33)19-34-27(32-30(29(34)36)13-1-2-14-30)22-5-3-21(4-6-22)24-9-10-26-25(17-24)11-15-31-26/h3-6,9-11,15,17,20,23,31H,1-2,7-8,12-14,16,18-19H2. The van der Waals surface area contributed by atoms with Crippen LogP contribution in [0.1, 0.15) is 50.5 Å². The molecule has 6 heteroatoms. The minimum absolute atomic E-state index is 0.170. The Labute approximate surface area is 211 Å². The molecule has 1 atom stereocenters. The van der Waals surface area contributed by atoms with Gasteiger partial charge < -0.3 is 9.88 Å². The third-order valence-corrected chi connectivity index (χ3v) is 8.64. The van der Waals surface area contributed by atoms with Gasteiger partial charge in [0.1, 0.15) is 11.4 Å². The van der Waals surface area contributed by atoms with E-state index < -0.39 is 5.54 Å². The molecule has 3 aromatic rings. The smallest absolute Gasteiger partial charge is 0.256 e. The van der Waals surface area contributed by atoms with Crippen molar-refractivity contribution in [3.05, 3.63) is 60.3 Å². The maximum Gasteiger partial charge on any atom is 0.256 e. The summed E-state index contributed by atoms with van der Waals surface area (Å²) >= 11 is 0. The molecule has 1 unspecified atom stereocenters. The summed E-state index contributed by atoms with van der Waals surface area (Å²) in [6, 6.07) is 17.0. The van der Waals surface area contributed by atoms with Crippen molar-refractivity contribution in [3.63, 3.8) is 0 Å². The van der Waals surface area contributed by atoms with Gasteiger partial charge in [-0.3, -0.25) is 19.5 Å². The third-order valence-electron chi connectivity index (χ3n) is 8.64. The lowest BCUT2D eigenvalue weighted by Gasteiger charge is -2.25. The van der Waals surface area contributed by atoms with Gasteiger partial charge >= 0.3 is 0 Å². The SMILES string of the molecule is O=C(C1CC1)N1CCC(CN2C(=O)C3(CCCC3)N=C2c2ccc(-c3ccc4[nH]ccc4c3)cc2)C1. The highest BCUT2D eigenvalue weighted by Crippen LogP contribution is 2.41. The number of aromatic amines is 1. The molecule has 4 aliphatic rings. The highest BCUT2D eigenvalue weighted by Gasteiger charge is 2.50. The zero-order valence-electron chi connectivity index (χ0n) is 20.6.